The summed E-state index contributed by atoms with van der Waals surface area (Å²) in [7, 11) is 0. The van der Waals surface area contributed by atoms with Crippen molar-refractivity contribution in [2.45, 2.75) is 25.8 Å². The lowest BCUT2D eigenvalue weighted by molar-refractivity contribution is -0.138. The molecule has 5 nitrogen and oxygen atoms in total. The Bertz CT molecular complexity index is 586. The van der Waals surface area contributed by atoms with Crippen molar-refractivity contribution in [3.8, 4) is 0 Å². The topological polar surface area (TPSA) is 66.5 Å². The molecule has 0 aliphatic carbocycles. The van der Waals surface area contributed by atoms with Gasteiger partial charge in [-0.05, 0) is 19.1 Å². The average Bonchev–Trinajstić information content (AvgIpc) is 2.74. The van der Waals surface area contributed by atoms with E-state index < -0.39 is 29.6 Å². The van der Waals surface area contributed by atoms with Crippen LogP contribution in [0, 0.1) is 5.82 Å². The van der Waals surface area contributed by atoms with Crippen LogP contribution in [0.1, 0.15) is 18.9 Å². The quantitative estimate of drug-likeness (QED) is 0.852. The Balaban J connectivity index is 2.18. The number of nitrogens with zero attached hydrogens (tertiary/aromatic N) is 1. The van der Waals surface area contributed by atoms with E-state index in [9.17, 15) is 18.8 Å². The minimum atomic E-state index is -0.833. The van der Waals surface area contributed by atoms with Gasteiger partial charge in [-0.2, -0.15) is 0 Å². The number of halogens is 2. The fourth-order valence-electron chi connectivity index (χ4n) is 2.32. The summed E-state index contributed by atoms with van der Waals surface area (Å²) in [6, 6.07) is 3.33. The lowest BCUT2D eigenvalue weighted by atomic mass is 10.1. The summed E-state index contributed by atoms with van der Waals surface area (Å²) < 4.78 is 13.7. The first-order valence-corrected chi connectivity index (χ1v) is 6.88. The van der Waals surface area contributed by atoms with Crippen LogP contribution in [0.3, 0.4) is 0 Å². The van der Waals surface area contributed by atoms with Crippen LogP contribution < -0.4 is 5.32 Å². The van der Waals surface area contributed by atoms with Gasteiger partial charge < -0.3 is 4.90 Å². The molecule has 3 amide bonds. The predicted octanol–water partition coefficient (Wildman–Crippen LogP) is 1.29. The second-order valence-electron chi connectivity index (χ2n) is 4.69. The third-order valence-electron chi connectivity index (χ3n) is 3.37. The number of rotatable bonds is 4. The van der Waals surface area contributed by atoms with Crippen LogP contribution in [-0.2, 0) is 20.8 Å². The van der Waals surface area contributed by atoms with E-state index in [-0.39, 0.29) is 30.0 Å². The summed E-state index contributed by atoms with van der Waals surface area (Å²) >= 11 is 5.89. The van der Waals surface area contributed by atoms with Crippen LogP contribution >= 0.6 is 11.6 Å². The standard InChI is InChI=1S/C14H14ClFN2O3/c1-2-18(11-7-12(19)17-14(11)21)13(20)6-8-9(15)4-3-5-10(8)16/h3-5,11H,2,6-7H2,1H3,(H,17,19,21)/t11-/m1/s1. The molecule has 0 aromatic heterocycles. The van der Waals surface area contributed by atoms with Gasteiger partial charge in [0.2, 0.25) is 17.7 Å². The van der Waals surface area contributed by atoms with Gasteiger partial charge in [-0.3, -0.25) is 19.7 Å². The van der Waals surface area contributed by atoms with Crippen LogP contribution in [0.5, 0.6) is 0 Å². The summed E-state index contributed by atoms with van der Waals surface area (Å²) in [5.74, 6) is -1.94. The molecule has 2 rings (SSSR count). The molecule has 1 fully saturated rings. The molecule has 1 saturated heterocycles. The first kappa shape index (κ1) is 15.4. The third-order valence-corrected chi connectivity index (χ3v) is 3.73. The maximum atomic E-state index is 13.7. The van der Waals surface area contributed by atoms with E-state index in [1.165, 1.54) is 23.1 Å². The molecule has 7 heteroatoms. The normalized spacial score (nSPS) is 17.8. The van der Waals surface area contributed by atoms with Crippen LogP contribution in [0.2, 0.25) is 5.02 Å². The Morgan fingerprint density at radius 3 is 2.71 bits per heavy atom. The number of benzene rings is 1. The molecular weight excluding hydrogens is 299 g/mol. The number of hydrogen-bond donors (Lipinski definition) is 1. The van der Waals surface area contributed by atoms with Crippen molar-refractivity contribution < 1.29 is 18.8 Å². The lowest BCUT2D eigenvalue weighted by Gasteiger charge is -2.25. The molecule has 0 unspecified atom stereocenters. The minimum Gasteiger partial charge on any atom is -0.330 e. The number of likely N-dealkylation sites (N-methyl/N-ethyl adjacent to an activating group) is 1. The van der Waals surface area contributed by atoms with Gasteiger partial charge in [-0.1, -0.05) is 17.7 Å². The molecule has 112 valence electrons. The predicted molar refractivity (Wildman–Crippen MR) is 74.1 cm³/mol. The average molecular weight is 313 g/mol. The van der Waals surface area contributed by atoms with E-state index in [0.717, 1.165) is 0 Å². The summed E-state index contributed by atoms with van der Waals surface area (Å²) in [4.78, 5) is 36.4. The van der Waals surface area contributed by atoms with Gasteiger partial charge in [-0.15, -0.1) is 0 Å². The minimum absolute atomic E-state index is 0.0661. The number of nitrogens with one attached hydrogen (secondary N) is 1. The number of carbonyl (C=O) groups excluding carboxylic acids is 3. The van der Waals surface area contributed by atoms with Crippen molar-refractivity contribution in [2.24, 2.45) is 0 Å². The van der Waals surface area contributed by atoms with E-state index in [1.807, 2.05) is 0 Å². The van der Waals surface area contributed by atoms with E-state index in [1.54, 1.807) is 6.92 Å². The Morgan fingerprint density at radius 2 is 2.19 bits per heavy atom. The Labute approximate surface area is 126 Å². The molecule has 1 atom stereocenters. The third kappa shape index (κ3) is 3.21. The highest BCUT2D eigenvalue weighted by molar-refractivity contribution is 6.31. The summed E-state index contributed by atoms with van der Waals surface area (Å²) in [5, 5.41) is 2.31. The van der Waals surface area contributed by atoms with E-state index in [2.05, 4.69) is 5.32 Å². The van der Waals surface area contributed by atoms with Crippen molar-refractivity contribution in [1.82, 2.24) is 10.2 Å². The van der Waals surface area contributed by atoms with Crippen molar-refractivity contribution in [3.63, 3.8) is 0 Å². The van der Waals surface area contributed by atoms with Crippen molar-refractivity contribution >= 4 is 29.3 Å². The summed E-state index contributed by atoms with van der Waals surface area (Å²) in [5.41, 5.74) is 0.0901. The second kappa shape index (κ2) is 6.22. The SMILES string of the molecule is CCN(C(=O)Cc1c(F)cccc1Cl)[C@@H]1CC(=O)NC1=O. The smallest absolute Gasteiger partial charge is 0.249 e. The molecule has 0 saturated carbocycles. The van der Waals surface area contributed by atoms with E-state index in [4.69, 9.17) is 11.6 Å². The number of imide groups is 1. The molecule has 1 aromatic rings. The first-order chi connectivity index (χ1) is 9.93. The fourth-order valence-corrected chi connectivity index (χ4v) is 2.55. The maximum Gasteiger partial charge on any atom is 0.249 e. The number of carbonyl (C=O) groups is 3. The second-order valence-corrected chi connectivity index (χ2v) is 5.10. The molecule has 1 aromatic carbocycles. The summed E-state index contributed by atoms with van der Waals surface area (Å²) in [6.07, 6.45) is -0.319. The lowest BCUT2D eigenvalue weighted by Crippen LogP contribution is -2.45. The molecule has 1 N–H and O–H groups in total. The fraction of sp³-hybridized carbons (Fsp3) is 0.357. The van der Waals surface area contributed by atoms with Gasteiger partial charge in [0.05, 0.1) is 12.8 Å². The zero-order valence-electron chi connectivity index (χ0n) is 11.4. The molecule has 1 heterocycles. The van der Waals surface area contributed by atoms with Gasteiger partial charge in [0.1, 0.15) is 11.9 Å². The number of amides is 3. The van der Waals surface area contributed by atoms with Crippen LogP contribution in [-0.4, -0.2) is 35.2 Å². The van der Waals surface area contributed by atoms with Crippen molar-refractivity contribution in [3.05, 3.63) is 34.6 Å². The van der Waals surface area contributed by atoms with Gasteiger partial charge in [0, 0.05) is 17.1 Å². The highest BCUT2D eigenvalue weighted by atomic mass is 35.5. The molecule has 0 radical (unpaired) electrons. The highest BCUT2D eigenvalue weighted by Gasteiger charge is 2.37. The van der Waals surface area contributed by atoms with Crippen LogP contribution in [0.25, 0.3) is 0 Å². The Morgan fingerprint density at radius 1 is 1.48 bits per heavy atom. The van der Waals surface area contributed by atoms with Gasteiger partial charge >= 0.3 is 0 Å². The van der Waals surface area contributed by atoms with Crippen LogP contribution in [0.4, 0.5) is 4.39 Å². The van der Waals surface area contributed by atoms with Crippen molar-refractivity contribution in [1.29, 1.82) is 0 Å². The van der Waals surface area contributed by atoms with Gasteiger partial charge in [-0.25, -0.2) is 4.39 Å². The largest absolute Gasteiger partial charge is 0.330 e. The zero-order chi connectivity index (χ0) is 15.6. The molecule has 0 bridgehead atoms. The van der Waals surface area contributed by atoms with Gasteiger partial charge in [0.15, 0.2) is 0 Å². The summed E-state index contributed by atoms with van der Waals surface area (Å²) in [6.45, 7) is 1.94. The molecular formula is C14H14ClFN2O3. The molecule has 1 aliphatic rings. The number of hydrogen-bond acceptors (Lipinski definition) is 3. The molecule has 0 spiro atoms. The van der Waals surface area contributed by atoms with E-state index >= 15 is 0 Å². The Kier molecular flexibility index (Phi) is 4.57. The highest BCUT2D eigenvalue weighted by Crippen LogP contribution is 2.21. The van der Waals surface area contributed by atoms with Crippen molar-refractivity contribution in [2.75, 3.05) is 6.54 Å². The molecule has 1 aliphatic heterocycles. The van der Waals surface area contributed by atoms with Crippen LogP contribution in [0.15, 0.2) is 18.2 Å². The zero-order valence-corrected chi connectivity index (χ0v) is 12.1. The maximum absolute atomic E-state index is 13.7. The van der Waals surface area contributed by atoms with E-state index in [0.29, 0.717) is 0 Å². The first-order valence-electron chi connectivity index (χ1n) is 6.50. The monoisotopic (exact) mass is 312 g/mol. The Hall–Kier alpha value is -1.95. The van der Waals surface area contributed by atoms with Gasteiger partial charge in [0.25, 0.3) is 0 Å². The molecule has 21 heavy (non-hydrogen) atoms.